The second-order valence-corrected chi connectivity index (χ2v) is 8.73. The minimum atomic E-state index is -0.300. The largest absolute Gasteiger partial charge is 0.316 e. The van der Waals surface area contributed by atoms with E-state index in [2.05, 4.69) is 21.6 Å². The standard InChI is InChI=1S/C21H17FN4OS2/c22-14-7-5-13(6-8-14)17-9-10-20(26-25-17)28-12-19(27)24-21-16(11-23)15-3-1-2-4-18(15)29-21/h5-10H,1-4,12H2,(H,24,27). The Labute approximate surface area is 176 Å². The van der Waals surface area contributed by atoms with Crippen molar-refractivity contribution in [3.05, 3.63) is 58.2 Å². The number of amides is 1. The predicted octanol–water partition coefficient (Wildman–Crippen LogP) is 4.83. The van der Waals surface area contributed by atoms with Crippen LogP contribution < -0.4 is 5.32 Å². The third-order valence-corrected chi connectivity index (χ3v) is 6.79. The molecule has 8 heteroatoms. The van der Waals surface area contributed by atoms with E-state index >= 15 is 0 Å². The average molecular weight is 425 g/mol. The van der Waals surface area contributed by atoms with Crippen molar-refractivity contribution in [1.82, 2.24) is 10.2 Å². The van der Waals surface area contributed by atoms with Crippen LogP contribution in [0.1, 0.15) is 28.8 Å². The van der Waals surface area contributed by atoms with Gasteiger partial charge in [-0.25, -0.2) is 4.39 Å². The fourth-order valence-corrected chi connectivity index (χ4v) is 5.12. The Kier molecular flexibility index (Phi) is 5.88. The number of nitriles is 1. The summed E-state index contributed by atoms with van der Waals surface area (Å²) in [5, 5.41) is 21.9. The zero-order valence-electron chi connectivity index (χ0n) is 15.4. The van der Waals surface area contributed by atoms with E-state index in [9.17, 15) is 14.4 Å². The van der Waals surface area contributed by atoms with Crippen LogP contribution in [-0.4, -0.2) is 21.9 Å². The molecule has 2 aromatic heterocycles. The van der Waals surface area contributed by atoms with E-state index in [4.69, 9.17) is 0 Å². The Morgan fingerprint density at radius 3 is 2.69 bits per heavy atom. The van der Waals surface area contributed by atoms with Crippen LogP contribution in [0.4, 0.5) is 9.39 Å². The van der Waals surface area contributed by atoms with Crippen molar-refractivity contribution in [2.75, 3.05) is 11.1 Å². The molecule has 0 atom stereocenters. The topological polar surface area (TPSA) is 78.7 Å². The van der Waals surface area contributed by atoms with Gasteiger partial charge < -0.3 is 5.32 Å². The highest BCUT2D eigenvalue weighted by atomic mass is 32.2. The van der Waals surface area contributed by atoms with Crippen LogP contribution in [0.25, 0.3) is 11.3 Å². The first-order valence-corrected chi connectivity index (χ1v) is 11.0. The monoisotopic (exact) mass is 424 g/mol. The first-order chi connectivity index (χ1) is 14.1. The number of thiophene rings is 1. The first-order valence-electron chi connectivity index (χ1n) is 9.21. The van der Waals surface area contributed by atoms with Crippen LogP contribution >= 0.6 is 23.1 Å². The van der Waals surface area contributed by atoms with E-state index < -0.39 is 0 Å². The Balaban J connectivity index is 1.37. The lowest BCUT2D eigenvalue weighted by atomic mass is 9.96. The van der Waals surface area contributed by atoms with Gasteiger partial charge in [-0.05, 0) is 67.6 Å². The highest BCUT2D eigenvalue weighted by molar-refractivity contribution is 7.99. The summed E-state index contributed by atoms with van der Waals surface area (Å²) < 4.78 is 13.0. The van der Waals surface area contributed by atoms with Crippen molar-refractivity contribution in [2.45, 2.75) is 30.7 Å². The van der Waals surface area contributed by atoms with Crippen molar-refractivity contribution in [2.24, 2.45) is 0 Å². The lowest BCUT2D eigenvalue weighted by molar-refractivity contribution is -0.113. The van der Waals surface area contributed by atoms with Gasteiger partial charge in [-0.3, -0.25) is 4.79 Å². The van der Waals surface area contributed by atoms with Gasteiger partial charge in [0.25, 0.3) is 0 Å². The third kappa shape index (κ3) is 4.47. The number of thioether (sulfide) groups is 1. The summed E-state index contributed by atoms with van der Waals surface area (Å²) in [6, 6.07) is 11.9. The molecular weight excluding hydrogens is 407 g/mol. The lowest BCUT2D eigenvalue weighted by Crippen LogP contribution is -2.14. The predicted molar refractivity (Wildman–Crippen MR) is 112 cm³/mol. The summed E-state index contributed by atoms with van der Waals surface area (Å²) in [7, 11) is 0. The van der Waals surface area contributed by atoms with Gasteiger partial charge in [0.15, 0.2) is 0 Å². The van der Waals surface area contributed by atoms with Gasteiger partial charge in [-0.15, -0.1) is 21.5 Å². The number of aryl methyl sites for hydroxylation is 1. The number of fused-ring (bicyclic) bond motifs is 1. The van der Waals surface area contributed by atoms with Crippen molar-refractivity contribution in [1.29, 1.82) is 5.26 Å². The normalized spacial score (nSPS) is 12.8. The number of aromatic nitrogens is 2. The van der Waals surface area contributed by atoms with Gasteiger partial charge in [-0.2, -0.15) is 5.26 Å². The van der Waals surface area contributed by atoms with Gasteiger partial charge in [0.1, 0.15) is 21.9 Å². The zero-order chi connectivity index (χ0) is 20.2. The number of anilines is 1. The molecule has 1 aliphatic rings. The molecule has 5 nitrogen and oxygen atoms in total. The second-order valence-electron chi connectivity index (χ2n) is 6.63. The van der Waals surface area contributed by atoms with E-state index in [1.54, 1.807) is 24.3 Å². The highest BCUT2D eigenvalue weighted by Gasteiger charge is 2.21. The number of benzene rings is 1. The van der Waals surface area contributed by atoms with E-state index in [0.29, 0.717) is 21.3 Å². The Bertz CT molecular complexity index is 1070. The Hall–Kier alpha value is -2.76. The SMILES string of the molecule is N#Cc1c(NC(=O)CSc2ccc(-c3ccc(F)cc3)nn2)sc2c1CCCC2. The first kappa shape index (κ1) is 19.6. The maximum atomic E-state index is 13.0. The molecule has 0 radical (unpaired) electrons. The lowest BCUT2D eigenvalue weighted by Gasteiger charge is -2.09. The highest BCUT2D eigenvalue weighted by Crippen LogP contribution is 2.37. The summed E-state index contributed by atoms with van der Waals surface area (Å²) in [6.45, 7) is 0. The van der Waals surface area contributed by atoms with Gasteiger partial charge in [0.05, 0.1) is 17.0 Å². The summed E-state index contributed by atoms with van der Waals surface area (Å²) in [5.41, 5.74) is 3.14. The molecule has 0 bridgehead atoms. The molecule has 2 heterocycles. The number of nitrogens with one attached hydrogen (secondary N) is 1. The fraction of sp³-hybridized carbons (Fsp3) is 0.238. The van der Waals surface area contributed by atoms with Gasteiger partial charge in [0.2, 0.25) is 5.91 Å². The van der Waals surface area contributed by atoms with Crippen molar-refractivity contribution < 1.29 is 9.18 Å². The fourth-order valence-electron chi connectivity index (χ4n) is 3.25. The van der Waals surface area contributed by atoms with Crippen molar-refractivity contribution in [3.63, 3.8) is 0 Å². The number of halogens is 1. The summed E-state index contributed by atoms with van der Waals surface area (Å²) in [6.07, 6.45) is 4.12. The molecule has 3 aromatic rings. The van der Waals surface area contributed by atoms with Gasteiger partial charge >= 0.3 is 0 Å². The molecule has 1 aromatic carbocycles. The molecule has 4 rings (SSSR count). The van der Waals surface area contributed by atoms with Crippen LogP contribution in [0.2, 0.25) is 0 Å². The molecule has 0 unspecified atom stereocenters. The molecule has 146 valence electrons. The molecule has 1 N–H and O–H groups in total. The van der Waals surface area contributed by atoms with Crippen LogP contribution in [0.3, 0.4) is 0 Å². The number of carbonyl (C=O) groups excluding carboxylic acids is 1. The number of carbonyl (C=O) groups is 1. The van der Waals surface area contributed by atoms with Gasteiger partial charge in [0, 0.05) is 10.4 Å². The number of nitrogens with zero attached hydrogens (tertiary/aromatic N) is 3. The molecule has 1 aliphatic carbocycles. The maximum Gasteiger partial charge on any atom is 0.235 e. The smallest absolute Gasteiger partial charge is 0.235 e. The van der Waals surface area contributed by atoms with E-state index in [0.717, 1.165) is 36.8 Å². The molecule has 29 heavy (non-hydrogen) atoms. The van der Waals surface area contributed by atoms with Crippen LogP contribution in [-0.2, 0) is 17.6 Å². The number of hydrogen-bond donors (Lipinski definition) is 1. The van der Waals surface area contributed by atoms with Crippen molar-refractivity contribution >= 4 is 34.0 Å². The minimum absolute atomic E-state index is 0.172. The Morgan fingerprint density at radius 1 is 1.17 bits per heavy atom. The van der Waals surface area contributed by atoms with E-state index in [1.807, 2.05) is 0 Å². The molecule has 0 saturated carbocycles. The minimum Gasteiger partial charge on any atom is -0.316 e. The maximum absolute atomic E-state index is 13.0. The number of rotatable bonds is 5. The van der Waals surface area contributed by atoms with Gasteiger partial charge in [-0.1, -0.05) is 11.8 Å². The second kappa shape index (κ2) is 8.72. The molecule has 0 saturated heterocycles. The number of hydrogen-bond acceptors (Lipinski definition) is 6. The summed E-state index contributed by atoms with van der Waals surface area (Å²) in [5.74, 6) is -0.293. The van der Waals surface area contributed by atoms with Crippen LogP contribution in [0, 0.1) is 17.1 Å². The molecule has 0 spiro atoms. The molecular formula is C21H17FN4OS2. The molecule has 0 aliphatic heterocycles. The van der Waals surface area contributed by atoms with E-state index in [1.165, 1.54) is 40.1 Å². The summed E-state index contributed by atoms with van der Waals surface area (Å²) >= 11 is 2.80. The van der Waals surface area contributed by atoms with E-state index in [-0.39, 0.29) is 17.5 Å². The zero-order valence-corrected chi connectivity index (χ0v) is 17.1. The van der Waals surface area contributed by atoms with Crippen LogP contribution in [0.15, 0.2) is 41.4 Å². The quantitative estimate of drug-likeness (QED) is 0.594. The average Bonchev–Trinajstić information content (AvgIpc) is 3.10. The van der Waals surface area contributed by atoms with Crippen LogP contribution in [0.5, 0.6) is 0 Å². The molecule has 1 amide bonds. The molecule has 0 fully saturated rings. The van der Waals surface area contributed by atoms with Crippen molar-refractivity contribution in [3.8, 4) is 17.3 Å². The summed E-state index contributed by atoms with van der Waals surface area (Å²) in [4.78, 5) is 13.6. The Morgan fingerprint density at radius 2 is 1.97 bits per heavy atom. The third-order valence-electron chi connectivity index (χ3n) is 4.67.